The Balaban J connectivity index is 1.43. The van der Waals surface area contributed by atoms with Crippen molar-refractivity contribution < 1.29 is 19.0 Å². The van der Waals surface area contributed by atoms with E-state index in [1.807, 2.05) is 18.2 Å². The normalized spacial score (nSPS) is 15.1. The van der Waals surface area contributed by atoms with Crippen LogP contribution >= 0.6 is 0 Å². The molecular formula is C26H28N4O5. The summed E-state index contributed by atoms with van der Waals surface area (Å²) >= 11 is 0. The number of aromatic nitrogens is 3. The molecule has 4 aromatic rings. The van der Waals surface area contributed by atoms with Crippen LogP contribution in [0.15, 0.2) is 35.1 Å². The third-order valence-electron chi connectivity index (χ3n) is 6.70. The first-order valence-corrected chi connectivity index (χ1v) is 11.5. The summed E-state index contributed by atoms with van der Waals surface area (Å²) in [7, 11) is 4.69. The lowest BCUT2D eigenvalue weighted by Gasteiger charge is -2.24. The summed E-state index contributed by atoms with van der Waals surface area (Å²) in [5.74, 6) is 1.94. The standard InChI is InChI=1S/C26H28N4O5/c1-14-27-21-12-23(35-4)22(34-3)11-18(21)26(32)30(14)13-24(31)28-20-7-5-6-16-17-10-15(33-2)8-9-19(17)29-25(16)20/h8-12,20,29H,5-7,13H2,1-4H3,(H,28,31)/t20-/m1/s1. The number of aryl methyl sites for hydroxylation is 2. The zero-order chi connectivity index (χ0) is 24.7. The third-order valence-corrected chi connectivity index (χ3v) is 6.70. The van der Waals surface area contributed by atoms with E-state index in [9.17, 15) is 9.59 Å². The van der Waals surface area contributed by atoms with Crippen LogP contribution in [-0.4, -0.2) is 41.8 Å². The van der Waals surface area contributed by atoms with Gasteiger partial charge in [0.1, 0.15) is 18.1 Å². The zero-order valence-corrected chi connectivity index (χ0v) is 20.2. The first kappa shape index (κ1) is 22.8. The molecule has 0 unspecified atom stereocenters. The molecule has 1 aliphatic rings. The molecule has 182 valence electrons. The lowest BCUT2D eigenvalue weighted by Crippen LogP contribution is -2.37. The van der Waals surface area contributed by atoms with Gasteiger partial charge in [0.15, 0.2) is 11.5 Å². The number of aromatic amines is 1. The van der Waals surface area contributed by atoms with Crippen LogP contribution in [0.1, 0.15) is 36.0 Å². The maximum atomic E-state index is 13.2. The molecule has 0 bridgehead atoms. The second kappa shape index (κ2) is 8.98. The van der Waals surface area contributed by atoms with E-state index in [4.69, 9.17) is 14.2 Å². The van der Waals surface area contributed by atoms with E-state index in [0.29, 0.717) is 28.2 Å². The van der Waals surface area contributed by atoms with Gasteiger partial charge in [-0.15, -0.1) is 0 Å². The predicted octanol–water partition coefficient (Wildman–Crippen LogP) is 3.41. The smallest absolute Gasteiger partial charge is 0.262 e. The summed E-state index contributed by atoms with van der Waals surface area (Å²) < 4.78 is 17.4. The minimum Gasteiger partial charge on any atom is -0.497 e. The third kappa shape index (κ3) is 3.96. The Morgan fingerprint density at radius 3 is 2.63 bits per heavy atom. The molecule has 1 amide bonds. The monoisotopic (exact) mass is 476 g/mol. The number of amides is 1. The minimum absolute atomic E-state index is 0.123. The highest BCUT2D eigenvalue weighted by atomic mass is 16.5. The summed E-state index contributed by atoms with van der Waals surface area (Å²) in [6.45, 7) is 1.59. The van der Waals surface area contributed by atoms with Crippen molar-refractivity contribution in [3.63, 3.8) is 0 Å². The summed E-state index contributed by atoms with van der Waals surface area (Å²) in [5, 5.41) is 4.61. The molecule has 1 atom stereocenters. The Bertz CT molecular complexity index is 1500. The largest absolute Gasteiger partial charge is 0.497 e. The van der Waals surface area contributed by atoms with Crippen LogP contribution in [-0.2, 0) is 17.8 Å². The van der Waals surface area contributed by atoms with Gasteiger partial charge in [0.2, 0.25) is 5.91 Å². The number of benzene rings is 2. The van der Waals surface area contributed by atoms with E-state index in [1.165, 1.54) is 24.4 Å². The van der Waals surface area contributed by atoms with Gasteiger partial charge in [0.25, 0.3) is 5.56 Å². The first-order valence-electron chi connectivity index (χ1n) is 11.5. The molecule has 1 aliphatic carbocycles. The molecule has 0 radical (unpaired) electrons. The quantitative estimate of drug-likeness (QED) is 0.442. The second-order valence-corrected chi connectivity index (χ2v) is 8.72. The molecule has 2 aromatic heterocycles. The average Bonchev–Trinajstić information content (AvgIpc) is 3.24. The summed E-state index contributed by atoms with van der Waals surface area (Å²) in [5.41, 5.74) is 3.44. The van der Waals surface area contributed by atoms with Crippen LogP contribution in [0.5, 0.6) is 17.2 Å². The fourth-order valence-electron chi connectivity index (χ4n) is 4.94. The number of carbonyl (C=O) groups is 1. The fourth-order valence-corrected chi connectivity index (χ4v) is 4.94. The van der Waals surface area contributed by atoms with Gasteiger partial charge in [-0.1, -0.05) is 0 Å². The summed E-state index contributed by atoms with van der Waals surface area (Å²) in [6, 6.07) is 9.06. The molecule has 2 N–H and O–H groups in total. The molecule has 2 aromatic carbocycles. The predicted molar refractivity (Wildman–Crippen MR) is 133 cm³/mol. The Morgan fingerprint density at radius 2 is 1.89 bits per heavy atom. The van der Waals surface area contributed by atoms with Crippen molar-refractivity contribution in [2.75, 3.05) is 21.3 Å². The highest BCUT2D eigenvalue weighted by molar-refractivity contribution is 5.87. The van der Waals surface area contributed by atoms with Crippen molar-refractivity contribution in [1.29, 1.82) is 0 Å². The van der Waals surface area contributed by atoms with E-state index in [0.717, 1.165) is 41.6 Å². The topological polar surface area (TPSA) is 107 Å². The number of fused-ring (bicyclic) bond motifs is 4. The van der Waals surface area contributed by atoms with Crippen LogP contribution in [0.3, 0.4) is 0 Å². The molecule has 0 saturated heterocycles. The van der Waals surface area contributed by atoms with Gasteiger partial charge in [-0.2, -0.15) is 0 Å². The van der Waals surface area contributed by atoms with Crippen molar-refractivity contribution in [3.05, 3.63) is 57.8 Å². The molecule has 2 heterocycles. The molecule has 0 aliphatic heterocycles. The van der Waals surface area contributed by atoms with Crippen LogP contribution in [0.25, 0.3) is 21.8 Å². The molecule has 0 fully saturated rings. The number of H-pyrrole nitrogens is 1. The molecule has 0 saturated carbocycles. The van der Waals surface area contributed by atoms with Crippen LogP contribution in [0.2, 0.25) is 0 Å². The lowest BCUT2D eigenvalue weighted by atomic mass is 9.91. The number of nitrogens with one attached hydrogen (secondary N) is 2. The minimum atomic E-state index is -0.300. The molecular weight excluding hydrogens is 448 g/mol. The van der Waals surface area contributed by atoms with E-state index in [1.54, 1.807) is 26.2 Å². The van der Waals surface area contributed by atoms with Gasteiger partial charge in [-0.05, 0) is 56.0 Å². The van der Waals surface area contributed by atoms with Gasteiger partial charge in [0.05, 0.1) is 38.3 Å². The number of methoxy groups -OCH3 is 3. The van der Waals surface area contributed by atoms with Crippen LogP contribution in [0.4, 0.5) is 0 Å². The van der Waals surface area contributed by atoms with Crippen molar-refractivity contribution in [3.8, 4) is 17.2 Å². The molecule has 35 heavy (non-hydrogen) atoms. The maximum absolute atomic E-state index is 13.2. The molecule has 0 spiro atoms. The van der Waals surface area contributed by atoms with Crippen LogP contribution < -0.4 is 25.1 Å². The van der Waals surface area contributed by atoms with Gasteiger partial charge in [-0.3, -0.25) is 14.2 Å². The summed E-state index contributed by atoms with van der Waals surface area (Å²) in [6.07, 6.45) is 2.72. The van der Waals surface area contributed by atoms with Gasteiger partial charge < -0.3 is 24.5 Å². The van der Waals surface area contributed by atoms with E-state index < -0.39 is 0 Å². The van der Waals surface area contributed by atoms with E-state index in [-0.39, 0.29) is 24.1 Å². The molecule has 9 heteroatoms. The Kier molecular flexibility index (Phi) is 5.84. The SMILES string of the molecule is COc1ccc2[nH]c3c(c2c1)CCC[C@H]3NC(=O)Cn1c(C)nc2cc(OC)c(OC)cc2c1=O. The number of rotatable bonds is 6. The number of hydrogen-bond donors (Lipinski definition) is 2. The van der Waals surface area contributed by atoms with Crippen molar-refractivity contribution >= 4 is 27.7 Å². The Labute approximate surface area is 202 Å². The van der Waals surface area contributed by atoms with Gasteiger partial charge >= 0.3 is 0 Å². The Morgan fingerprint density at radius 1 is 1.11 bits per heavy atom. The second-order valence-electron chi connectivity index (χ2n) is 8.72. The van der Waals surface area contributed by atoms with E-state index >= 15 is 0 Å². The molecule has 9 nitrogen and oxygen atoms in total. The van der Waals surface area contributed by atoms with Gasteiger partial charge in [-0.25, -0.2) is 4.98 Å². The van der Waals surface area contributed by atoms with Crippen molar-refractivity contribution in [1.82, 2.24) is 19.9 Å². The number of ether oxygens (including phenoxy) is 3. The highest BCUT2D eigenvalue weighted by Gasteiger charge is 2.26. The fraction of sp³-hybridized carbons (Fsp3) is 0.346. The number of nitrogens with zero attached hydrogens (tertiary/aromatic N) is 2. The Hall–Kier alpha value is -4.01. The number of hydrogen-bond acceptors (Lipinski definition) is 6. The lowest BCUT2D eigenvalue weighted by molar-refractivity contribution is -0.122. The average molecular weight is 477 g/mol. The van der Waals surface area contributed by atoms with E-state index in [2.05, 4.69) is 15.3 Å². The summed E-state index contributed by atoms with van der Waals surface area (Å²) in [4.78, 5) is 34.4. The van der Waals surface area contributed by atoms with Crippen LogP contribution in [0, 0.1) is 6.92 Å². The zero-order valence-electron chi connectivity index (χ0n) is 20.2. The number of carbonyl (C=O) groups excluding carboxylic acids is 1. The first-order chi connectivity index (χ1) is 16.9. The van der Waals surface area contributed by atoms with Crippen molar-refractivity contribution in [2.24, 2.45) is 0 Å². The van der Waals surface area contributed by atoms with Gasteiger partial charge in [0, 0.05) is 22.7 Å². The van der Waals surface area contributed by atoms with Crippen molar-refractivity contribution in [2.45, 2.75) is 38.8 Å². The molecule has 5 rings (SSSR count). The maximum Gasteiger partial charge on any atom is 0.262 e. The highest BCUT2D eigenvalue weighted by Crippen LogP contribution is 2.36.